The highest BCUT2D eigenvalue weighted by molar-refractivity contribution is 8.00. The van der Waals surface area contributed by atoms with Crippen LogP contribution >= 0.6 is 11.8 Å². The SMILES string of the molecule is C=CCNC(=O)CSc1nc(CCCCCC)nc2c1c(=O)n(C)c(=O)n2CCC. The van der Waals surface area contributed by atoms with Gasteiger partial charge in [-0.1, -0.05) is 50.9 Å². The topological polar surface area (TPSA) is 98.9 Å². The van der Waals surface area contributed by atoms with Gasteiger partial charge in [-0.25, -0.2) is 14.8 Å². The molecule has 0 radical (unpaired) electrons. The summed E-state index contributed by atoms with van der Waals surface area (Å²) < 4.78 is 2.62. The molecule has 2 aromatic rings. The van der Waals surface area contributed by atoms with Crippen LogP contribution in [0.4, 0.5) is 0 Å². The number of hydrogen-bond donors (Lipinski definition) is 1. The van der Waals surface area contributed by atoms with Crippen molar-refractivity contribution in [1.82, 2.24) is 24.4 Å². The molecule has 0 aromatic carbocycles. The molecule has 1 N–H and O–H groups in total. The number of fused-ring (bicyclic) bond motifs is 1. The summed E-state index contributed by atoms with van der Waals surface area (Å²) in [4.78, 5) is 46.8. The van der Waals surface area contributed by atoms with Gasteiger partial charge < -0.3 is 5.32 Å². The van der Waals surface area contributed by atoms with Gasteiger partial charge in [-0.3, -0.25) is 18.7 Å². The Hall–Kier alpha value is -2.42. The molecule has 2 aromatic heterocycles. The maximum Gasteiger partial charge on any atom is 0.332 e. The van der Waals surface area contributed by atoms with Crippen molar-refractivity contribution in [2.45, 2.75) is 63.9 Å². The molecule has 8 nitrogen and oxygen atoms in total. The third kappa shape index (κ3) is 5.81. The summed E-state index contributed by atoms with van der Waals surface area (Å²) in [5.74, 6) is 0.547. The minimum Gasteiger partial charge on any atom is -0.352 e. The largest absolute Gasteiger partial charge is 0.352 e. The van der Waals surface area contributed by atoms with Crippen molar-refractivity contribution in [2.24, 2.45) is 7.05 Å². The quantitative estimate of drug-likeness (QED) is 0.239. The zero-order valence-electron chi connectivity index (χ0n) is 18.1. The van der Waals surface area contributed by atoms with Crippen molar-refractivity contribution in [2.75, 3.05) is 12.3 Å². The molecule has 2 rings (SSSR count). The van der Waals surface area contributed by atoms with E-state index in [-0.39, 0.29) is 17.3 Å². The van der Waals surface area contributed by atoms with Crippen LogP contribution < -0.4 is 16.6 Å². The van der Waals surface area contributed by atoms with Crippen LogP contribution in [0.1, 0.15) is 51.8 Å². The van der Waals surface area contributed by atoms with Crippen LogP contribution in [-0.2, 0) is 24.8 Å². The second-order valence-corrected chi connectivity index (χ2v) is 8.10. The second kappa shape index (κ2) is 11.7. The first-order chi connectivity index (χ1) is 14.4. The Labute approximate surface area is 180 Å². The van der Waals surface area contributed by atoms with Crippen LogP contribution in [0.3, 0.4) is 0 Å². The normalized spacial score (nSPS) is 11.0. The standard InChI is InChI=1S/C21H31N5O3S/c1-5-8-9-10-11-15-23-18-17(19(24-15)30-14-16(27)22-12-6-2)20(28)25(4)21(29)26(18)13-7-3/h6H,2,5,7-14H2,1,3-4H3,(H,22,27). The zero-order chi connectivity index (χ0) is 22.1. The lowest BCUT2D eigenvalue weighted by Crippen LogP contribution is -2.39. The van der Waals surface area contributed by atoms with E-state index >= 15 is 0 Å². The van der Waals surface area contributed by atoms with Crippen molar-refractivity contribution in [3.8, 4) is 0 Å². The number of aromatic nitrogens is 4. The summed E-state index contributed by atoms with van der Waals surface area (Å²) in [7, 11) is 1.46. The summed E-state index contributed by atoms with van der Waals surface area (Å²) in [5.41, 5.74) is -0.460. The molecule has 164 valence electrons. The molecule has 2 heterocycles. The number of carbonyl (C=O) groups is 1. The van der Waals surface area contributed by atoms with E-state index < -0.39 is 5.56 Å². The lowest BCUT2D eigenvalue weighted by atomic mass is 10.1. The summed E-state index contributed by atoms with van der Waals surface area (Å²) in [6.45, 7) is 8.54. The van der Waals surface area contributed by atoms with Gasteiger partial charge in [0.25, 0.3) is 5.56 Å². The fraction of sp³-hybridized carbons (Fsp3) is 0.571. The summed E-state index contributed by atoms with van der Waals surface area (Å²) in [6, 6.07) is 0. The Morgan fingerprint density at radius 2 is 1.93 bits per heavy atom. The van der Waals surface area contributed by atoms with E-state index in [0.29, 0.717) is 41.4 Å². The Bertz CT molecular complexity index is 1010. The van der Waals surface area contributed by atoms with Crippen molar-refractivity contribution in [3.05, 3.63) is 39.3 Å². The molecular formula is C21H31N5O3S. The predicted molar refractivity (Wildman–Crippen MR) is 121 cm³/mol. The number of aryl methyl sites for hydroxylation is 2. The van der Waals surface area contributed by atoms with E-state index in [1.54, 1.807) is 6.08 Å². The van der Waals surface area contributed by atoms with Crippen LogP contribution in [0.2, 0.25) is 0 Å². The molecule has 1 amide bonds. The molecule has 0 aliphatic rings. The fourth-order valence-electron chi connectivity index (χ4n) is 3.10. The summed E-state index contributed by atoms with van der Waals surface area (Å²) in [5, 5.41) is 3.47. The highest BCUT2D eigenvalue weighted by Gasteiger charge is 2.19. The van der Waals surface area contributed by atoms with E-state index in [0.717, 1.165) is 36.7 Å². The Morgan fingerprint density at radius 3 is 2.60 bits per heavy atom. The van der Waals surface area contributed by atoms with Gasteiger partial charge in [-0.15, -0.1) is 6.58 Å². The van der Waals surface area contributed by atoms with E-state index in [1.165, 1.54) is 23.4 Å². The van der Waals surface area contributed by atoms with Gasteiger partial charge >= 0.3 is 5.69 Å². The minimum atomic E-state index is -0.436. The Balaban J connectivity index is 2.53. The monoisotopic (exact) mass is 433 g/mol. The summed E-state index contributed by atoms with van der Waals surface area (Å²) >= 11 is 1.20. The first-order valence-electron chi connectivity index (χ1n) is 10.4. The number of thioether (sulfide) groups is 1. The van der Waals surface area contributed by atoms with Crippen molar-refractivity contribution < 1.29 is 4.79 Å². The zero-order valence-corrected chi connectivity index (χ0v) is 18.9. The molecule has 0 saturated heterocycles. The van der Waals surface area contributed by atoms with Gasteiger partial charge in [0.1, 0.15) is 16.2 Å². The van der Waals surface area contributed by atoms with Gasteiger partial charge in [0.2, 0.25) is 5.91 Å². The molecule has 0 unspecified atom stereocenters. The summed E-state index contributed by atoms with van der Waals surface area (Å²) in [6.07, 6.45) is 7.29. The number of carbonyl (C=O) groups excluding carboxylic acids is 1. The lowest BCUT2D eigenvalue weighted by Gasteiger charge is -2.14. The van der Waals surface area contributed by atoms with E-state index in [4.69, 9.17) is 0 Å². The van der Waals surface area contributed by atoms with Crippen LogP contribution in [0, 0.1) is 0 Å². The third-order valence-corrected chi connectivity index (χ3v) is 5.66. The molecule has 0 bridgehead atoms. The smallest absolute Gasteiger partial charge is 0.332 e. The molecule has 0 saturated carbocycles. The number of hydrogen-bond acceptors (Lipinski definition) is 6. The van der Waals surface area contributed by atoms with E-state index in [1.807, 2.05) is 6.92 Å². The second-order valence-electron chi connectivity index (χ2n) is 7.13. The van der Waals surface area contributed by atoms with Gasteiger partial charge in [-0.05, 0) is 12.8 Å². The highest BCUT2D eigenvalue weighted by atomic mass is 32.2. The molecule has 0 aliphatic heterocycles. The van der Waals surface area contributed by atoms with Crippen molar-refractivity contribution >= 4 is 28.7 Å². The number of rotatable bonds is 12. The lowest BCUT2D eigenvalue weighted by molar-refractivity contribution is -0.118. The van der Waals surface area contributed by atoms with E-state index in [2.05, 4.69) is 28.8 Å². The molecule has 30 heavy (non-hydrogen) atoms. The molecule has 0 spiro atoms. The third-order valence-electron chi connectivity index (χ3n) is 4.68. The average molecular weight is 434 g/mol. The first kappa shape index (κ1) is 23.9. The van der Waals surface area contributed by atoms with Crippen LogP contribution in [-0.4, -0.2) is 37.3 Å². The van der Waals surface area contributed by atoms with Crippen molar-refractivity contribution in [1.29, 1.82) is 0 Å². The van der Waals surface area contributed by atoms with Crippen LogP contribution in [0.15, 0.2) is 27.3 Å². The Morgan fingerprint density at radius 1 is 1.17 bits per heavy atom. The number of unbranched alkanes of at least 4 members (excludes halogenated alkanes) is 3. The predicted octanol–water partition coefficient (Wildman–Crippen LogP) is 2.42. The van der Waals surface area contributed by atoms with Crippen LogP contribution in [0.5, 0.6) is 0 Å². The highest BCUT2D eigenvalue weighted by Crippen LogP contribution is 2.23. The molecule has 0 aliphatic carbocycles. The van der Waals surface area contributed by atoms with Gasteiger partial charge in [0, 0.05) is 26.6 Å². The molecule has 0 atom stereocenters. The molecular weight excluding hydrogens is 402 g/mol. The van der Waals surface area contributed by atoms with Gasteiger partial charge in [-0.2, -0.15) is 0 Å². The first-order valence-corrected chi connectivity index (χ1v) is 11.4. The molecule has 0 fully saturated rings. The minimum absolute atomic E-state index is 0.116. The number of nitrogens with one attached hydrogen (secondary N) is 1. The maximum atomic E-state index is 12.9. The Kier molecular flexibility index (Phi) is 9.29. The average Bonchev–Trinajstić information content (AvgIpc) is 2.74. The van der Waals surface area contributed by atoms with Crippen molar-refractivity contribution in [3.63, 3.8) is 0 Å². The van der Waals surface area contributed by atoms with Gasteiger partial charge in [0.15, 0.2) is 5.65 Å². The van der Waals surface area contributed by atoms with E-state index in [9.17, 15) is 14.4 Å². The molecule has 9 heteroatoms. The number of amides is 1. The van der Waals surface area contributed by atoms with Crippen LogP contribution in [0.25, 0.3) is 11.0 Å². The fourth-order valence-corrected chi connectivity index (χ4v) is 3.97. The number of nitrogens with zero attached hydrogens (tertiary/aromatic N) is 4. The van der Waals surface area contributed by atoms with Gasteiger partial charge in [0.05, 0.1) is 5.75 Å². The maximum absolute atomic E-state index is 12.9.